The lowest BCUT2D eigenvalue weighted by Crippen LogP contribution is -2.22. The number of esters is 2. The number of hydrogen-bond acceptors (Lipinski definition) is 5. The molecule has 0 amide bonds. The predicted octanol–water partition coefficient (Wildman–Crippen LogP) is -0.268. The summed E-state index contributed by atoms with van der Waals surface area (Å²) in [6.07, 6.45) is 0.395. The van der Waals surface area contributed by atoms with Crippen LogP contribution in [0.1, 0.15) is 6.92 Å². The molecule has 1 unspecified atom stereocenters. The molecule has 1 atom stereocenters. The Kier molecular flexibility index (Phi) is 4.98. The molecule has 0 spiro atoms. The van der Waals surface area contributed by atoms with E-state index in [0.717, 1.165) is 19.3 Å². The molecule has 0 aromatic rings. The third kappa shape index (κ3) is 4.91. The van der Waals surface area contributed by atoms with Crippen LogP contribution in [0.3, 0.4) is 0 Å². The molecule has 0 saturated heterocycles. The number of carbonyl (C=O) groups excluding carboxylic acids is 2. The molecule has 0 radical (unpaired) electrons. The molecular formula is C8H10O6. The maximum absolute atomic E-state index is 10.8. The molecule has 0 heterocycles. The fourth-order valence-electron chi connectivity index (χ4n) is 0.468. The number of hydrogen-bond donors (Lipinski definition) is 1. The van der Waals surface area contributed by atoms with Crippen LogP contribution in [0.2, 0.25) is 0 Å². The fraction of sp³-hybridized carbons (Fsp3) is 0.375. The summed E-state index contributed by atoms with van der Waals surface area (Å²) in [7, 11) is 1.15. The summed E-state index contributed by atoms with van der Waals surface area (Å²) >= 11 is 0. The van der Waals surface area contributed by atoms with Crippen LogP contribution in [0.4, 0.5) is 0 Å². The van der Waals surface area contributed by atoms with Gasteiger partial charge < -0.3 is 14.6 Å². The summed E-state index contributed by atoms with van der Waals surface area (Å²) in [5, 5.41) is 8.36. The molecular weight excluding hydrogens is 192 g/mol. The number of carbonyl (C=O) groups is 3. The first-order valence-corrected chi connectivity index (χ1v) is 3.66. The van der Waals surface area contributed by atoms with Crippen LogP contribution in [0.15, 0.2) is 12.2 Å². The standard InChI is InChI=1S/C8H10O6/c1-5(8(11)12)14-7(10)4-3-6(9)13-2/h3-5H,1-2H3,(H,11,12). The Labute approximate surface area is 80.1 Å². The van der Waals surface area contributed by atoms with Crippen molar-refractivity contribution >= 4 is 17.9 Å². The highest BCUT2D eigenvalue weighted by Crippen LogP contribution is 1.92. The highest BCUT2D eigenvalue weighted by Gasteiger charge is 2.14. The average molecular weight is 202 g/mol. The van der Waals surface area contributed by atoms with Crippen LogP contribution in [0, 0.1) is 0 Å². The summed E-state index contributed by atoms with van der Waals surface area (Å²) in [4.78, 5) is 31.5. The summed E-state index contributed by atoms with van der Waals surface area (Å²) in [6, 6.07) is 0. The predicted molar refractivity (Wildman–Crippen MR) is 44.3 cm³/mol. The molecule has 0 aromatic carbocycles. The Hall–Kier alpha value is -1.85. The third-order valence-electron chi connectivity index (χ3n) is 1.20. The first kappa shape index (κ1) is 12.2. The van der Waals surface area contributed by atoms with Crippen molar-refractivity contribution in [1.29, 1.82) is 0 Å². The minimum atomic E-state index is -1.26. The van der Waals surface area contributed by atoms with Gasteiger partial charge in [-0.15, -0.1) is 0 Å². The summed E-state index contributed by atoms with van der Waals surface area (Å²) in [5.74, 6) is -2.89. The van der Waals surface area contributed by atoms with E-state index >= 15 is 0 Å². The van der Waals surface area contributed by atoms with Gasteiger partial charge in [-0.25, -0.2) is 14.4 Å². The van der Waals surface area contributed by atoms with Gasteiger partial charge in [-0.05, 0) is 6.92 Å². The van der Waals surface area contributed by atoms with E-state index in [1.54, 1.807) is 0 Å². The maximum atomic E-state index is 10.8. The summed E-state index contributed by atoms with van der Waals surface area (Å²) in [6.45, 7) is 1.20. The van der Waals surface area contributed by atoms with Gasteiger partial charge in [-0.1, -0.05) is 0 Å². The van der Waals surface area contributed by atoms with Crippen LogP contribution in [0.25, 0.3) is 0 Å². The molecule has 0 aromatic heterocycles. The van der Waals surface area contributed by atoms with Gasteiger partial charge in [0.05, 0.1) is 7.11 Å². The van der Waals surface area contributed by atoms with E-state index in [-0.39, 0.29) is 0 Å². The van der Waals surface area contributed by atoms with Crippen molar-refractivity contribution in [2.75, 3.05) is 7.11 Å². The number of carboxylic acid groups (broad SMARTS) is 1. The molecule has 0 aliphatic carbocycles. The zero-order valence-electron chi connectivity index (χ0n) is 7.72. The highest BCUT2D eigenvalue weighted by atomic mass is 16.6. The van der Waals surface area contributed by atoms with Crippen LogP contribution in [-0.4, -0.2) is 36.2 Å². The van der Waals surface area contributed by atoms with Gasteiger partial charge >= 0.3 is 17.9 Å². The lowest BCUT2D eigenvalue weighted by Gasteiger charge is -2.05. The maximum Gasteiger partial charge on any atom is 0.344 e. The minimum absolute atomic E-state index is 0.718. The number of methoxy groups -OCH3 is 1. The Bertz CT molecular complexity index is 267. The van der Waals surface area contributed by atoms with E-state index in [2.05, 4.69) is 9.47 Å². The lowest BCUT2D eigenvalue weighted by atomic mass is 10.4. The first-order chi connectivity index (χ1) is 6.47. The second-order valence-corrected chi connectivity index (χ2v) is 2.27. The van der Waals surface area contributed by atoms with Gasteiger partial charge in [0.2, 0.25) is 0 Å². The zero-order valence-corrected chi connectivity index (χ0v) is 7.72. The van der Waals surface area contributed by atoms with Crippen LogP contribution < -0.4 is 0 Å². The number of rotatable bonds is 4. The molecule has 14 heavy (non-hydrogen) atoms. The Morgan fingerprint density at radius 2 is 1.71 bits per heavy atom. The molecule has 0 rings (SSSR count). The van der Waals surface area contributed by atoms with E-state index < -0.39 is 24.0 Å². The van der Waals surface area contributed by atoms with Gasteiger partial charge in [0.15, 0.2) is 6.10 Å². The SMILES string of the molecule is COC(=O)C=CC(=O)OC(C)C(=O)O. The Morgan fingerprint density at radius 1 is 1.21 bits per heavy atom. The van der Waals surface area contributed by atoms with E-state index in [1.165, 1.54) is 6.92 Å². The monoisotopic (exact) mass is 202 g/mol. The van der Waals surface area contributed by atoms with Crippen LogP contribution in [-0.2, 0) is 23.9 Å². The summed E-state index contributed by atoms with van der Waals surface area (Å²) in [5.41, 5.74) is 0. The molecule has 6 nitrogen and oxygen atoms in total. The van der Waals surface area contributed by atoms with E-state index in [0.29, 0.717) is 0 Å². The summed E-state index contributed by atoms with van der Waals surface area (Å²) < 4.78 is 8.58. The zero-order chi connectivity index (χ0) is 11.1. The van der Waals surface area contributed by atoms with Crippen molar-refractivity contribution < 1.29 is 29.0 Å². The lowest BCUT2D eigenvalue weighted by molar-refractivity contribution is -0.159. The molecule has 78 valence electrons. The molecule has 1 N–H and O–H groups in total. The van der Waals surface area contributed by atoms with Gasteiger partial charge in [-0.3, -0.25) is 0 Å². The van der Waals surface area contributed by atoms with E-state index in [4.69, 9.17) is 5.11 Å². The number of aliphatic carboxylic acids is 1. The topological polar surface area (TPSA) is 89.9 Å². The quantitative estimate of drug-likeness (QED) is 0.498. The number of carboxylic acids is 1. The van der Waals surface area contributed by atoms with Gasteiger partial charge in [0.25, 0.3) is 0 Å². The van der Waals surface area contributed by atoms with E-state index in [9.17, 15) is 14.4 Å². The van der Waals surface area contributed by atoms with Gasteiger partial charge in [0.1, 0.15) is 0 Å². The number of ether oxygens (including phenoxy) is 2. The highest BCUT2D eigenvalue weighted by molar-refractivity contribution is 5.92. The Balaban J connectivity index is 4.05. The normalized spacial score (nSPS) is 12.1. The van der Waals surface area contributed by atoms with Crippen LogP contribution in [0.5, 0.6) is 0 Å². The van der Waals surface area contributed by atoms with Crippen molar-refractivity contribution in [3.8, 4) is 0 Å². The molecule has 0 saturated carbocycles. The second-order valence-electron chi connectivity index (χ2n) is 2.27. The largest absolute Gasteiger partial charge is 0.479 e. The van der Waals surface area contributed by atoms with Gasteiger partial charge in [-0.2, -0.15) is 0 Å². The van der Waals surface area contributed by atoms with Crippen molar-refractivity contribution in [3.63, 3.8) is 0 Å². The smallest absolute Gasteiger partial charge is 0.344 e. The second kappa shape index (κ2) is 5.74. The van der Waals surface area contributed by atoms with Gasteiger partial charge in [0, 0.05) is 12.2 Å². The Morgan fingerprint density at radius 3 is 2.14 bits per heavy atom. The average Bonchev–Trinajstić information content (AvgIpc) is 2.13. The van der Waals surface area contributed by atoms with E-state index in [1.807, 2.05) is 0 Å². The first-order valence-electron chi connectivity index (χ1n) is 3.66. The third-order valence-corrected chi connectivity index (χ3v) is 1.20. The van der Waals surface area contributed by atoms with Crippen molar-refractivity contribution in [1.82, 2.24) is 0 Å². The molecule has 0 fully saturated rings. The van der Waals surface area contributed by atoms with Crippen LogP contribution >= 0.6 is 0 Å². The van der Waals surface area contributed by atoms with Crippen molar-refractivity contribution in [2.24, 2.45) is 0 Å². The fourth-order valence-corrected chi connectivity index (χ4v) is 0.468. The van der Waals surface area contributed by atoms with Crippen molar-refractivity contribution in [2.45, 2.75) is 13.0 Å². The molecule has 6 heteroatoms. The minimum Gasteiger partial charge on any atom is -0.479 e. The molecule has 0 bridgehead atoms. The van der Waals surface area contributed by atoms with Crippen molar-refractivity contribution in [3.05, 3.63) is 12.2 Å². The molecule has 0 aliphatic heterocycles. The molecule has 0 aliphatic rings.